The minimum Gasteiger partial charge on any atom is -0.451 e. The first-order valence-corrected chi connectivity index (χ1v) is 9.39. The second kappa shape index (κ2) is 8.50. The van der Waals surface area contributed by atoms with Crippen molar-refractivity contribution in [3.63, 3.8) is 0 Å². The van der Waals surface area contributed by atoms with Gasteiger partial charge in [-0.25, -0.2) is 0 Å². The van der Waals surface area contributed by atoms with Crippen LogP contribution >= 0.6 is 58.6 Å². The number of halogens is 4. The van der Waals surface area contributed by atoms with Crippen LogP contribution in [0.25, 0.3) is 11.3 Å². The number of hydrogen-bond acceptors (Lipinski definition) is 3. The molecule has 0 saturated heterocycles. The third kappa shape index (κ3) is 4.75. The average molecular weight is 460 g/mol. The second-order valence-corrected chi connectivity index (χ2v) is 7.33. The van der Waals surface area contributed by atoms with Crippen LogP contribution < -0.4 is 10.6 Å². The molecule has 138 valence electrons. The minimum atomic E-state index is -0.532. The summed E-state index contributed by atoms with van der Waals surface area (Å²) < 4.78 is 5.57. The van der Waals surface area contributed by atoms with E-state index in [1.165, 1.54) is 6.07 Å². The van der Waals surface area contributed by atoms with Crippen LogP contribution in [-0.2, 0) is 0 Å². The number of carbonyl (C=O) groups excluding carboxylic acids is 1. The predicted octanol–water partition coefficient (Wildman–Crippen LogP) is 6.69. The molecule has 1 aromatic heterocycles. The molecule has 0 aliphatic heterocycles. The van der Waals surface area contributed by atoms with Gasteiger partial charge in [-0.05, 0) is 54.7 Å². The fourth-order valence-corrected chi connectivity index (χ4v) is 3.14. The number of benzene rings is 2. The van der Waals surface area contributed by atoms with Gasteiger partial charge in [-0.1, -0.05) is 52.5 Å². The van der Waals surface area contributed by atoms with E-state index in [0.717, 1.165) is 0 Å². The van der Waals surface area contributed by atoms with Crippen LogP contribution in [-0.4, -0.2) is 11.0 Å². The van der Waals surface area contributed by atoms with E-state index in [9.17, 15) is 4.79 Å². The maximum absolute atomic E-state index is 12.3. The number of amides is 1. The number of nitrogens with one attached hydrogen (secondary N) is 2. The van der Waals surface area contributed by atoms with Crippen molar-refractivity contribution in [3.8, 4) is 11.3 Å². The van der Waals surface area contributed by atoms with Crippen LogP contribution in [0.15, 0.2) is 52.9 Å². The molecule has 9 heteroatoms. The Kier molecular flexibility index (Phi) is 6.29. The highest BCUT2D eigenvalue weighted by atomic mass is 35.5. The highest BCUT2D eigenvalue weighted by Crippen LogP contribution is 2.34. The van der Waals surface area contributed by atoms with E-state index in [0.29, 0.717) is 37.1 Å². The first kappa shape index (κ1) is 20.0. The zero-order valence-corrected chi connectivity index (χ0v) is 17.2. The molecule has 0 bridgehead atoms. The summed E-state index contributed by atoms with van der Waals surface area (Å²) >= 11 is 29.3. The van der Waals surface area contributed by atoms with Gasteiger partial charge in [0.1, 0.15) is 5.76 Å². The monoisotopic (exact) mass is 458 g/mol. The highest BCUT2D eigenvalue weighted by molar-refractivity contribution is 7.80. The van der Waals surface area contributed by atoms with Crippen molar-refractivity contribution in [1.82, 2.24) is 5.32 Å². The van der Waals surface area contributed by atoms with Crippen LogP contribution in [0.4, 0.5) is 5.69 Å². The molecule has 0 aliphatic rings. The normalized spacial score (nSPS) is 10.5. The molecular formula is C18H10Cl4N2O2S. The Morgan fingerprint density at radius 1 is 0.963 bits per heavy atom. The molecule has 2 aromatic carbocycles. The van der Waals surface area contributed by atoms with E-state index >= 15 is 0 Å². The number of furan rings is 1. The van der Waals surface area contributed by atoms with Gasteiger partial charge in [-0.2, -0.15) is 0 Å². The van der Waals surface area contributed by atoms with Crippen LogP contribution in [0, 0.1) is 0 Å². The van der Waals surface area contributed by atoms with Gasteiger partial charge in [0.25, 0.3) is 5.91 Å². The van der Waals surface area contributed by atoms with Crippen molar-refractivity contribution in [2.45, 2.75) is 0 Å². The maximum atomic E-state index is 12.3. The average Bonchev–Trinajstić information content (AvgIpc) is 3.10. The number of rotatable bonds is 3. The summed E-state index contributed by atoms with van der Waals surface area (Å²) in [4.78, 5) is 12.3. The molecule has 1 heterocycles. The molecule has 4 nitrogen and oxygen atoms in total. The minimum absolute atomic E-state index is 0.0444. The standard InChI is InChI=1S/C18H10Cl4N2O2S/c19-9-4-5-11(20)13(8-9)23-18(27)24-17(25)15-7-6-14(26-15)10-2-1-3-12(21)16(10)22/h1-8H,(H2,23,24,25,27). The topological polar surface area (TPSA) is 54.3 Å². The van der Waals surface area contributed by atoms with Crippen LogP contribution in [0.3, 0.4) is 0 Å². The molecular weight excluding hydrogens is 450 g/mol. The van der Waals surface area contributed by atoms with Gasteiger partial charge in [-0.15, -0.1) is 0 Å². The molecule has 0 spiro atoms. The fraction of sp³-hybridized carbons (Fsp3) is 0. The second-order valence-electron chi connectivity index (χ2n) is 5.30. The van der Waals surface area contributed by atoms with Crippen LogP contribution in [0.5, 0.6) is 0 Å². The van der Waals surface area contributed by atoms with Gasteiger partial charge < -0.3 is 9.73 Å². The quantitative estimate of drug-likeness (QED) is 0.428. The lowest BCUT2D eigenvalue weighted by atomic mass is 10.2. The van der Waals surface area contributed by atoms with Gasteiger partial charge >= 0.3 is 0 Å². The maximum Gasteiger partial charge on any atom is 0.293 e. The van der Waals surface area contributed by atoms with Gasteiger partial charge in [0, 0.05) is 10.6 Å². The van der Waals surface area contributed by atoms with Crippen molar-refractivity contribution in [1.29, 1.82) is 0 Å². The van der Waals surface area contributed by atoms with E-state index < -0.39 is 5.91 Å². The summed E-state index contributed by atoms with van der Waals surface area (Å²) in [6.45, 7) is 0. The van der Waals surface area contributed by atoms with E-state index in [-0.39, 0.29) is 10.9 Å². The van der Waals surface area contributed by atoms with Gasteiger partial charge in [0.15, 0.2) is 10.9 Å². The molecule has 0 aliphatic carbocycles. The summed E-state index contributed by atoms with van der Waals surface area (Å²) in [5, 5.41) is 6.98. The predicted molar refractivity (Wildman–Crippen MR) is 114 cm³/mol. The van der Waals surface area contributed by atoms with Crippen molar-refractivity contribution >= 4 is 75.3 Å². The number of thiocarbonyl (C=S) groups is 1. The van der Waals surface area contributed by atoms with Gasteiger partial charge in [-0.3, -0.25) is 10.1 Å². The van der Waals surface area contributed by atoms with Crippen molar-refractivity contribution < 1.29 is 9.21 Å². The molecule has 0 unspecified atom stereocenters. The highest BCUT2D eigenvalue weighted by Gasteiger charge is 2.16. The van der Waals surface area contributed by atoms with Gasteiger partial charge in [0.2, 0.25) is 0 Å². The van der Waals surface area contributed by atoms with Crippen LogP contribution in [0.1, 0.15) is 10.6 Å². The summed E-state index contributed by atoms with van der Waals surface area (Å²) in [6.07, 6.45) is 0. The molecule has 3 rings (SSSR count). The van der Waals surface area contributed by atoms with Crippen molar-refractivity contribution in [2.75, 3.05) is 5.32 Å². The van der Waals surface area contributed by atoms with E-state index in [2.05, 4.69) is 10.6 Å². The summed E-state index contributed by atoms with van der Waals surface area (Å²) in [5.74, 6) is -0.0677. The molecule has 0 atom stereocenters. The molecule has 2 N–H and O–H groups in total. The van der Waals surface area contributed by atoms with Crippen molar-refractivity contribution in [2.24, 2.45) is 0 Å². The lowest BCUT2D eigenvalue weighted by Gasteiger charge is -2.10. The largest absolute Gasteiger partial charge is 0.451 e. The summed E-state index contributed by atoms with van der Waals surface area (Å²) in [7, 11) is 0. The first-order valence-electron chi connectivity index (χ1n) is 7.47. The van der Waals surface area contributed by atoms with E-state index in [1.54, 1.807) is 42.5 Å². The first-order chi connectivity index (χ1) is 12.8. The zero-order chi connectivity index (χ0) is 19.6. The Morgan fingerprint density at radius 2 is 1.74 bits per heavy atom. The van der Waals surface area contributed by atoms with Gasteiger partial charge in [0.05, 0.1) is 20.8 Å². The Bertz CT molecular complexity index is 1040. The summed E-state index contributed by atoms with van der Waals surface area (Å²) in [5.41, 5.74) is 1.05. The molecule has 0 fully saturated rings. The molecule has 0 radical (unpaired) electrons. The SMILES string of the molecule is O=C(NC(=S)Nc1cc(Cl)ccc1Cl)c1ccc(-c2cccc(Cl)c2Cl)o1. The third-order valence-corrected chi connectivity index (χ3v) is 5.04. The molecule has 0 saturated carbocycles. The van der Waals surface area contributed by atoms with Crippen LogP contribution in [0.2, 0.25) is 20.1 Å². The molecule has 1 amide bonds. The number of anilines is 1. The molecule has 3 aromatic rings. The van der Waals surface area contributed by atoms with Crippen molar-refractivity contribution in [3.05, 3.63) is 74.4 Å². The number of carbonyl (C=O) groups is 1. The lowest BCUT2D eigenvalue weighted by Crippen LogP contribution is -2.33. The molecule has 27 heavy (non-hydrogen) atoms. The lowest BCUT2D eigenvalue weighted by molar-refractivity contribution is 0.0951. The Hall–Kier alpha value is -1.76. The number of hydrogen-bond donors (Lipinski definition) is 2. The fourth-order valence-electron chi connectivity index (χ4n) is 2.21. The summed E-state index contributed by atoms with van der Waals surface area (Å²) in [6, 6.07) is 13.1. The Labute approximate surface area is 180 Å². The Balaban J connectivity index is 1.72. The zero-order valence-electron chi connectivity index (χ0n) is 13.4. The Morgan fingerprint density at radius 3 is 2.52 bits per heavy atom. The van der Waals surface area contributed by atoms with E-state index in [1.807, 2.05) is 0 Å². The van der Waals surface area contributed by atoms with E-state index in [4.69, 9.17) is 63.0 Å². The smallest absolute Gasteiger partial charge is 0.293 e. The third-order valence-electron chi connectivity index (χ3n) is 3.45.